The molecule has 2 aromatic rings. The fourth-order valence-electron chi connectivity index (χ4n) is 3.69. The first-order chi connectivity index (χ1) is 14.3. The van der Waals surface area contributed by atoms with E-state index in [1.54, 1.807) is 11.8 Å². The van der Waals surface area contributed by atoms with Crippen molar-refractivity contribution in [2.75, 3.05) is 20.8 Å². The third-order valence-electron chi connectivity index (χ3n) is 5.38. The second-order valence-electron chi connectivity index (χ2n) is 7.20. The Morgan fingerprint density at radius 3 is 2.63 bits per heavy atom. The lowest BCUT2D eigenvalue weighted by Gasteiger charge is -2.31. The minimum Gasteiger partial charge on any atom is -0.453 e. The number of hydrogen-bond donors (Lipinski definition) is 2. The first kappa shape index (κ1) is 22.7. The van der Waals surface area contributed by atoms with Crippen molar-refractivity contribution in [3.63, 3.8) is 0 Å². The van der Waals surface area contributed by atoms with Crippen LogP contribution in [0.1, 0.15) is 31.5 Å². The fourth-order valence-corrected chi connectivity index (χ4v) is 4.23. The van der Waals surface area contributed by atoms with Crippen LogP contribution in [0.25, 0.3) is 11.3 Å². The lowest BCUT2D eigenvalue weighted by atomic mass is 10.1. The second kappa shape index (κ2) is 9.85. The number of carbonyl (C=O) groups excluding carboxylic acids is 2. The van der Waals surface area contributed by atoms with Crippen LogP contribution in [-0.4, -0.2) is 54.8 Å². The number of aromatic amines is 1. The lowest BCUT2D eigenvalue weighted by Crippen LogP contribution is -2.54. The number of hydrogen-bond acceptors (Lipinski definition) is 4. The van der Waals surface area contributed by atoms with Crippen molar-refractivity contribution in [3.8, 4) is 11.3 Å². The summed E-state index contributed by atoms with van der Waals surface area (Å²) in [4.78, 5) is 30.2. The summed E-state index contributed by atoms with van der Waals surface area (Å²) in [6, 6.07) is 8.71. The van der Waals surface area contributed by atoms with Crippen molar-refractivity contribution in [3.05, 3.63) is 45.5 Å². The van der Waals surface area contributed by atoms with E-state index in [0.29, 0.717) is 11.6 Å². The van der Waals surface area contributed by atoms with Crippen LogP contribution in [-0.2, 0) is 14.3 Å². The van der Waals surface area contributed by atoms with Gasteiger partial charge in [0, 0.05) is 23.8 Å². The highest BCUT2D eigenvalue weighted by molar-refractivity contribution is 9.10. The molecule has 0 radical (unpaired) electrons. The average Bonchev–Trinajstić information content (AvgIpc) is 3.38. The van der Waals surface area contributed by atoms with E-state index >= 15 is 0 Å². The zero-order chi connectivity index (χ0) is 21.8. The Labute approximate surface area is 189 Å². The number of amides is 2. The van der Waals surface area contributed by atoms with Crippen LogP contribution in [0.15, 0.2) is 34.8 Å². The number of nitrogens with zero attached hydrogens (tertiary/aromatic N) is 1. The summed E-state index contributed by atoms with van der Waals surface area (Å²) in [6.45, 7) is 2.32. The molecule has 1 aliphatic rings. The summed E-state index contributed by atoms with van der Waals surface area (Å²) in [7, 11) is 2.76. The van der Waals surface area contributed by atoms with E-state index in [-0.39, 0.29) is 11.9 Å². The molecule has 3 rings (SSSR count). The summed E-state index contributed by atoms with van der Waals surface area (Å²) >= 11 is 9.94. The van der Waals surface area contributed by atoms with Crippen molar-refractivity contribution in [2.45, 2.75) is 38.0 Å². The van der Waals surface area contributed by atoms with Crippen LogP contribution in [0.3, 0.4) is 0 Å². The standard InChI is InChI=1S/C21H25BrClN3O4/c1-12(29-2)18(25-21(28)30-3)20(27)26-10-4-5-17(26)16-11-15(23)19(24-16)13-6-8-14(22)9-7-13/h6-9,11-12,17-18,24H,4-5,10H2,1-3H3,(H,25,28)/t12-,17+,18+/m1/s1. The Morgan fingerprint density at radius 2 is 2.00 bits per heavy atom. The maximum absolute atomic E-state index is 13.3. The Morgan fingerprint density at radius 1 is 1.30 bits per heavy atom. The third kappa shape index (κ3) is 4.82. The van der Waals surface area contributed by atoms with Gasteiger partial charge in [0.15, 0.2) is 0 Å². The topological polar surface area (TPSA) is 83.7 Å². The Kier molecular flexibility index (Phi) is 7.44. The predicted molar refractivity (Wildman–Crippen MR) is 118 cm³/mol. The van der Waals surface area contributed by atoms with E-state index < -0.39 is 18.2 Å². The number of H-pyrrole nitrogens is 1. The molecule has 1 aromatic carbocycles. The minimum atomic E-state index is -0.848. The van der Waals surface area contributed by atoms with Crippen LogP contribution in [0.5, 0.6) is 0 Å². The van der Waals surface area contributed by atoms with Gasteiger partial charge in [-0.05, 0) is 43.5 Å². The van der Waals surface area contributed by atoms with E-state index in [4.69, 9.17) is 16.3 Å². The average molecular weight is 499 g/mol. The van der Waals surface area contributed by atoms with Gasteiger partial charge >= 0.3 is 6.09 Å². The molecule has 3 atom stereocenters. The number of halogens is 2. The van der Waals surface area contributed by atoms with E-state index in [0.717, 1.165) is 34.3 Å². The summed E-state index contributed by atoms with van der Waals surface area (Å²) in [5.74, 6) is -0.215. The number of aromatic nitrogens is 1. The normalized spacial score (nSPS) is 18.2. The molecule has 2 heterocycles. The zero-order valence-electron chi connectivity index (χ0n) is 17.1. The van der Waals surface area contributed by atoms with Gasteiger partial charge in [-0.1, -0.05) is 39.7 Å². The molecule has 0 spiro atoms. The van der Waals surface area contributed by atoms with Gasteiger partial charge in [-0.2, -0.15) is 0 Å². The second-order valence-corrected chi connectivity index (χ2v) is 8.52. The van der Waals surface area contributed by atoms with Gasteiger partial charge < -0.3 is 24.7 Å². The fraction of sp³-hybridized carbons (Fsp3) is 0.429. The Bertz CT molecular complexity index is 902. The van der Waals surface area contributed by atoms with Gasteiger partial charge in [0.1, 0.15) is 6.04 Å². The minimum absolute atomic E-state index is 0.162. The number of benzene rings is 1. The molecule has 0 saturated carbocycles. The van der Waals surface area contributed by atoms with Gasteiger partial charge in [0.25, 0.3) is 0 Å². The third-order valence-corrected chi connectivity index (χ3v) is 6.21. The molecular weight excluding hydrogens is 474 g/mol. The van der Waals surface area contributed by atoms with E-state index in [2.05, 4.69) is 31.0 Å². The van der Waals surface area contributed by atoms with E-state index in [1.807, 2.05) is 30.3 Å². The summed E-state index contributed by atoms with van der Waals surface area (Å²) in [6.07, 6.45) is 0.471. The zero-order valence-corrected chi connectivity index (χ0v) is 19.4. The lowest BCUT2D eigenvalue weighted by molar-refractivity contribution is -0.137. The first-order valence-corrected chi connectivity index (χ1v) is 10.8. The predicted octanol–water partition coefficient (Wildman–Crippen LogP) is 4.52. The Hall–Kier alpha value is -2.03. The van der Waals surface area contributed by atoms with Gasteiger partial charge in [-0.3, -0.25) is 4.79 Å². The van der Waals surface area contributed by atoms with Gasteiger partial charge in [-0.25, -0.2) is 4.79 Å². The molecule has 2 N–H and O–H groups in total. The van der Waals surface area contributed by atoms with Crippen molar-refractivity contribution in [1.29, 1.82) is 0 Å². The molecule has 7 nitrogen and oxygen atoms in total. The summed E-state index contributed by atoms with van der Waals surface area (Å²) in [5.41, 5.74) is 2.64. The van der Waals surface area contributed by atoms with Crippen LogP contribution in [0.4, 0.5) is 4.79 Å². The van der Waals surface area contributed by atoms with Crippen molar-refractivity contribution in [1.82, 2.24) is 15.2 Å². The highest BCUT2D eigenvalue weighted by Crippen LogP contribution is 2.37. The number of likely N-dealkylation sites (tertiary alicyclic amines) is 1. The van der Waals surface area contributed by atoms with E-state index in [1.165, 1.54) is 14.2 Å². The molecule has 1 aromatic heterocycles. The molecule has 0 unspecified atom stereocenters. The molecule has 0 bridgehead atoms. The number of rotatable bonds is 6. The molecule has 2 amide bonds. The number of nitrogens with one attached hydrogen (secondary N) is 2. The molecule has 1 aliphatic heterocycles. The molecule has 1 fully saturated rings. The Balaban J connectivity index is 1.86. The number of carbonyl (C=O) groups is 2. The monoisotopic (exact) mass is 497 g/mol. The van der Waals surface area contributed by atoms with Crippen LogP contribution >= 0.6 is 27.5 Å². The number of methoxy groups -OCH3 is 2. The number of ether oxygens (including phenoxy) is 2. The van der Waals surface area contributed by atoms with Crippen molar-refractivity contribution in [2.24, 2.45) is 0 Å². The van der Waals surface area contributed by atoms with Crippen LogP contribution < -0.4 is 5.32 Å². The molecule has 1 saturated heterocycles. The molecule has 162 valence electrons. The highest BCUT2D eigenvalue weighted by Gasteiger charge is 2.38. The van der Waals surface area contributed by atoms with Crippen molar-refractivity contribution >= 4 is 39.5 Å². The largest absolute Gasteiger partial charge is 0.453 e. The smallest absolute Gasteiger partial charge is 0.407 e. The van der Waals surface area contributed by atoms with Crippen LogP contribution in [0.2, 0.25) is 5.02 Å². The SMILES string of the molecule is COC(=O)N[C@H](C(=O)N1CCC[C@H]1c1cc(Cl)c(-c2ccc(Br)cc2)[nH]1)[C@@H](C)OC. The summed E-state index contributed by atoms with van der Waals surface area (Å²) in [5, 5.41) is 3.19. The summed E-state index contributed by atoms with van der Waals surface area (Å²) < 4.78 is 11.0. The molecular formula is C21H25BrClN3O4. The molecule has 0 aliphatic carbocycles. The quantitative estimate of drug-likeness (QED) is 0.613. The molecule has 9 heteroatoms. The maximum atomic E-state index is 13.3. The molecule has 30 heavy (non-hydrogen) atoms. The van der Waals surface area contributed by atoms with E-state index in [9.17, 15) is 9.59 Å². The van der Waals surface area contributed by atoms with Gasteiger partial charge in [0.05, 0.1) is 30.0 Å². The number of alkyl carbamates (subject to hydrolysis) is 1. The first-order valence-electron chi connectivity index (χ1n) is 9.67. The van der Waals surface area contributed by atoms with Gasteiger partial charge in [0.2, 0.25) is 5.91 Å². The van der Waals surface area contributed by atoms with Crippen molar-refractivity contribution < 1.29 is 19.1 Å². The maximum Gasteiger partial charge on any atom is 0.407 e. The highest BCUT2D eigenvalue weighted by atomic mass is 79.9. The van der Waals surface area contributed by atoms with Crippen LogP contribution in [0, 0.1) is 0 Å². The van der Waals surface area contributed by atoms with Gasteiger partial charge in [-0.15, -0.1) is 0 Å².